The predicted molar refractivity (Wildman–Crippen MR) is 93.7 cm³/mol. The summed E-state index contributed by atoms with van der Waals surface area (Å²) in [6.45, 7) is 5.93. The summed E-state index contributed by atoms with van der Waals surface area (Å²) in [6.07, 6.45) is 3.39. The molecule has 6 nitrogen and oxygen atoms in total. The third-order valence-electron chi connectivity index (χ3n) is 3.53. The van der Waals surface area contributed by atoms with E-state index in [9.17, 15) is 9.59 Å². The number of esters is 1. The second kappa shape index (κ2) is 8.92. The van der Waals surface area contributed by atoms with Gasteiger partial charge in [-0.25, -0.2) is 9.78 Å². The predicted octanol–water partition coefficient (Wildman–Crippen LogP) is 2.67. The number of amides is 1. The summed E-state index contributed by atoms with van der Waals surface area (Å²) in [6, 6.07) is 8.70. The van der Waals surface area contributed by atoms with Crippen molar-refractivity contribution >= 4 is 11.9 Å². The van der Waals surface area contributed by atoms with Crippen molar-refractivity contribution in [3.05, 3.63) is 59.7 Å². The molecular weight excluding hydrogens is 318 g/mol. The Morgan fingerprint density at radius 2 is 1.84 bits per heavy atom. The number of carbonyl (C=O) groups excluding carboxylic acids is 2. The summed E-state index contributed by atoms with van der Waals surface area (Å²) in [7, 11) is 0. The Bertz CT molecular complexity index is 700. The van der Waals surface area contributed by atoms with Gasteiger partial charge in [-0.1, -0.05) is 44.2 Å². The highest BCUT2D eigenvalue weighted by Crippen LogP contribution is 2.09. The van der Waals surface area contributed by atoms with Crippen LogP contribution < -0.4 is 5.32 Å². The van der Waals surface area contributed by atoms with Crippen LogP contribution in [0.15, 0.2) is 42.7 Å². The molecule has 0 aliphatic rings. The monoisotopic (exact) mass is 341 g/mol. The lowest BCUT2D eigenvalue weighted by Gasteiger charge is -2.19. The van der Waals surface area contributed by atoms with Gasteiger partial charge in [-0.2, -0.15) is 0 Å². The molecule has 1 aromatic heterocycles. The number of hydrogen-bond acceptors (Lipinski definition) is 5. The van der Waals surface area contributed by atoms with Crippen molar-refractivity contribution in [1.82, 2.24) is 15.3 Å². The number of ether oxygens (including phenoxy) is 1. The van der Waals surface area contributed by atoms with E-state index in [2.05, 4.69) is 15.3 Å². The average Bonchev–Trinajstić information content (AvgIpc) is 2.60. The standard InChI is InChI=1S/C19H23N3O3/c1-13(2)9-16(19(24)25-12-15-7-5-4-6-8-15)22-18(23)17-11-20-14(3)10-21-17/h4-8,10-11,13,16H,9,12H2,1-3H3,(H,22,23)/t16-/m0/s1. The molecule has 0 spiro atoms. The lowest BCUT2D eigenvalue weighted by molar-refractivity contribution is -0.147. The molecule has 1 atom stereocenters. The molecule has 0 fully saturated rings. The van der Waals surface area contributed by atoms with Gasteiger partial charge in [0, 0.05) is 6.20 Å². The Hall–Kier alpha value is -2.76. The van der Waals surface area contributed by atoms with Crippen molar-refractivity contribution in [3.63, 3.8) is 0 Å². The topological polar surface area (TPSA) is 81.2 Å². The molecule has 1 aromatic carbocycles. The van der Waals surface area contributed by atoms with Crippen LogP contribution in [0, 0.1) is 12.8 Å². The molecule has 0 bridgehead atoms. The first-order valence-electron chi connectivity index (χ1n) is 8.25. The fraction of sp³-hybridized carbons (Fsp3) is 0.368. The van der Waals surface area contributed by atoms with E-state index >= 15 is 0 Å². The number of benzene rings is 1. The molecule has 132 valence electrons. The third kappa shape index (κ3) is 5.99. The number of aryl methyl sites for hydroxylation is 1. The van der Waals surface area contributed by atoms with E-state index in [-0.39, 0.29) is 18.2 Å². The second-order valence-electron chi connectivity index (χ2n) is 6.29. The van der Waals surface area contributed by atoms with Gasteiger partial charge in [0.2, 0.25) is 0 Å². The number of carbonyl (C=O) groups is 2. The Kier molecular flexibility index (Phi) is 6.62. The van der Waals surface area contributed by atoms with Gasteiger partial charge >= 0.3 is 5.97 Å². The number of nitrogens with one attached hydrogen (secondary N) is 1. The summed E-state index contributed by atoms with van der Waals surface area (Å²) in [5.41, 5.74) is 1.79. The van der Waals surface area contributed by atoms with Gasteiger partial charge in [-0.15, -0.1) is 0 Å². The molecule has 1 heterocycles. The lowest BCUT2D eigenvalue weighted by atomic mass is 10.0. The number of nitrogens with zero attached hydrogens (tertiary/aromatic N) is 2. The maximum Gasteiger partial charge on any atom is 0.328 e. The fourth-order valence-corrected chi connectivity index (χ4v) is 2.26. The Labute approximate surface area is 147 Å². The zero-order valence-electron chi connectivity index (χ0n) is 14.7. The van der Waals surface area contributed by atoms with Crippen LogP contribution in [-0.2, 0) is 16.1 Å². The summed E-state index contributed by atoms with van der Waals surface area (Å²) >= 11 is 0. The van der Waals surface area contributed by atoms with Gasteiger partial charge in [-0.05, 0) is 24.8 Å². The molecule has 0 unspecified atom stereocenters. The van der Waals surface area contributed by atoms with Crippen LogP contribution in [0.4, 0.5) is 0 Å². The Balaban J connectivity index is 2.00. The van der Waals surface area contributed by atoms with Crippen LogP contribution in [0.2, 0.25) is 0 Å². The van der Waals surface area contributed by atoms with Gasteiger partial charge in [0.15, 0.2) is 0 Å². The van der Waals surface area contributed by atoms with Crippen molar-refractivity contribution in [1.29, 1.82) is 0 Å². The van der Waals surface area contributed by atoms with Crippen LogP contribution in [0.5, 0.6) is 0 Å². The van der Waals surface area contributed by atoms with E-state index in [1.807, 2.05) is 44.2 Å². The van der Waals surface area contributed by atoms with Crippen LogP contribution >= 0.6 is 0 Å². The molecule has 0 saturated heterocycles. The zero-order chi connectivity index (χ0) is 18.2. The van der Waals surface area contributed by atoms with Crippen LogP contribution in [0.25, 0.3) is 0 Å². The maximum absolute atomic E-state index is 12.4. The van der Waals surface area contributed by atoms with Crippen LogP contribution in [-0.4, -0.2) is 27.9 Å². The number of rotatable bonds is 7. The number of aromatic nitrogens is 2. The van der Waals surface area contributed by atoms with Gasteiger partial charge in [0.05, 0.1) is 11.9 Å². The van der Waals surface area contributed by atoms with E-state index in [1.54, 1.807) is 6.92 Å². The normalized spacial score (nSPS) is 11.8. The van der Waals surface area contributed by atoms with Crippen molar-refractivity contribution < 1.29 is 14.3 Å². The molecule has 0 aliphatic heterocycles. The van der Waals surface area contributed by atoms with E-state index < -0.39 is 17.9 Å². The zero-order valence-corrected chi connectivity index (χ0v) is 14.7. The first kappa shape index (κ1) is 18.6. The summed E-state index contributed by atoms with van der Waals surface area (Å²) in [5.74, 6) is -0.667. The van der Waals surface area contributed by atoms with Gasteiger partial charge in [0.25, 0.3) is 5.91 Å². The van der Waals surface area contributed by atoms with Gasteiger partial charge in [0.1, 0.15) is 18.3 Å². The SMILES string of the molecule is Cc1cnc(C(=O)N[C@@H](CC(C)C)C(=O)OCc2ccccc2)cn1. The maximum atomic E-state index is 12.4. The van der Waals surface area contributed by atoms with Gasteiger partial charge < -0.3 is 10.1 Å². The smallest absolute Gasteiger partial charge is 0.328 e. The largest absolute Gasteiger partial charge is 0.459 e. The molecule has 0 aliphatic carbocycles. The molecule has 0 saturated carbocycles. The highest BCUT2D eigenvalue weighted by atomic mass is 16.5. The molecular formula is C19H23N3O3. The summed E-state index contributed by atoms with van der Waals surface area (Å²) in [5, 5.41) is 2.70. The molecule has 0 radical (unpaired) electrons. The summed E-state index contributed by atoms with van der Waals surface area (Å²) < 4.78 is 5.36. The molecule has 6 heteroatoms. The van der Waals surface area contributed by atoms with E-state index in [4.69, 9.17) is 4.74 Å². The quantitative estimate of drug-likeness (QED) is 0.783. The highest BCUT2D eigenvalue weighted by molar-refractivity contribution is 5.94. The Morgan fingerprint density at radius 3 is 2.44 bits per heavy atom. The van der Waals surface area contributed by atoms with Gasteiger partial charge in [-0.3, -0.25) is 9.78 Å². The average molecular weight is 341 g/mol. The molecule has 1 N–H and O–H groups in total. The molecule has 25 heavy (non-hydrogen) atoms. The minimum atomic E-state index is -0.723. The van der Waals surface area contributed by atoms with Crippen molar-refractivity contribution in [2.75, 3.05) is 0 Å². The van der Waals surface area contributed by atoms with Crippen molar-refractivity contribution in [3.8, 4) is 0 Å². The van der Waals surface area contributed by atoms with Crippen LogP contribution in [0.1, 0.15) is 42.0 Å². The first-order chi connectivity index (χ1) is 12.0. The van der Waals surface area contributed by atoms with E-state index in [0.717, 1.165) is 11.3 Å². The van der Waals surface area contributed by atoms with E-state index in [0.29, 0.717) is 6.42 Å². The second-order valence-corrected chi connectivity index (χ2v) is 6.29. The first-order valence-corrected chi connectivity index (χ1v) is 8.25. The Morgan fingerprint density at radius 1 is 1.12 bits per heavy atom. The molecule has 2 aromatic rings. The van der Waals surface area contributed by atoms with E-state index in [1.165, 1.54) is 12.4 Å². The lowest BCUT2D eigenvalue weighted by Crippen LogP contribution is -2.43. The van der Waals surface area contributed by atoms with Crippen molar-refractivity contribution in [2.24, 2.45) is 5.92 Å². The third-order valence-corrected chi connectivity index (χ3v) is 3.53. The minimum Gasteiger partial charge on any atom is -0.459 e. The molecule has 2 rings (SSSR count). The van der Waals surface area contributed by atoms with Crippen molar-refractivity contribution in [2.45, 2.75) is 39.8 Å². The fourth-order valence-electron chi connectivity index (χ4n) is 2.26. The highest BCUT2D eigenvalue weighted by Gasteiger charge is 2.24. The minimum absolute atomic E-state index is 0.175. The molecule has 1 amide bonds. The summed E-state index contributed by atoms with van der Waals surface area (Å²) in [4.78, 5) is 32.8. The van der Waals surface area contributed by atoms with Crippen LogP contribution in [0.3, 0.4) is 0 Å². The number of hydrogen-bond donors (Lipinski definition) is 1.